The molecule has 0 aromatic heterocycles. The zero-order chi connectivity index (χ0) is 14.5. The van der Waals surface area contributed by atoms with Crippen molar-refractivity contribution in [3.63, 3.8) is 0 Å². The largest absolute Gasteiger partial charge is 0.326 e. The first-order chi connectivity index (χ1) is 9.52. The Bertz CT molecular complexity index is 431. The molecule has 3 heteroatoms. The summed E-state index contributed by atoms with van der Waals surface area (Å²) in [6.45, 7) is 9.77. The van der Waals surface area contributed by atoms with Gasteiger partial charge >= 0.3 is 0 Å². The van der Waals surface area contributed by atoms with Crippen LogP contribution in [0.4, 0.5) is 5.69 Å². The Hall–Kier alpha value is -1.35. The molecule has 3 nitrogen and oxygen atoms in total. The van der Waals surface area contributed by atoms with Gasteiger partial charge in [-0.1, -0.05) is 31.5 Å². The molecule has 20 heavy (non-hydrogen) atoms. The number of aryl methyl sites for hydroxylation is 1. The summed E-state index contributed by atoms with van der Waals surface area (Å²) >= 11 is 0. The van der Waals surface area contributed by atoms with E-state index < -0.39 is 0 Å². The molecule has 1 heterocycles. The third-order valence-electron chi connectivity index (χ3n) is 3.93. The molecule has 0 unspecified atom stereocenters. The van der Waals surface area contributed by atoms with Gasteiger partial charge in [0.05, 0.1) is 0 Å². The van der Waals surface area contributed by atoms with Gasteiger partial charge in [0, 0.05) is 31.7 Å². The first kappa shape index (κ1) is 15.0. The van der Waals surface area contributed by atoms with Gasteiger partial charge < -0.3 is 10.2 Å². The van der Waals surface area contributed by atoms with E-state index in [-0.39, 0.29) is 5.91 Å². The van der Waals surface area contributed by atoms with Crippen molar-refractivity contribution < 1.29 is 4.79 Å². The van der Waals surface area contributed by atoms with Gasteiger partial charge in [0.2, 0.25) is 5.91 Å². The highest BCUT2D eigenvalue weighted by Gasteiger charge is 2.21. The van der Waals surface area contributed by atoms with Gasteiger partial charge in [-0.2, -0.15) is 0 Å². The van der Waals surface area contributed by atoms with Crippen LogP contribution in [-0.4, -0.2) is 30.4 Å². The summed E-state index contributed by atoms with van der Waals surface area (Å²) < 4.78 is 0. The smallest absolute Gasteiger partial charge is 0.225 e. The number of carbonyl (C=O) groups is 1. The number of likely N-dealkylation sites (tertiary alicyclic amines) is 1. The van der Waals surface area contributed by atoms with Crippen LogP contribution in [0.3, 0.4) is 0 Å². The molecule has 1 amide bonds. The maximum atomic E-state index is 12.0. The molecular weight excluding hydrogens is 248 g/mol. The zero-order valence-corrected chi connectivity index (χ0v) is 12.9. The molecule has 0 spiro atoms. The summed E-state index contributed by atoms with van der Waals surface area (Å²) in [5.41, 5.74) is 2.10. The molecule has 1 aromatic rings. The fraction of sp³-hybridized carbons (Fsp3) is 0.588. The molecule has 1 fully saturated rings. The monoisotopic (exact) mass is 274 g/mol. The highest BCUT2D eigenvalue weighted by Crippen LogP contribution is 2.20. The van der Waals surface area contributed by atoms with Crippen LogP contribution in [0.2, 0.25) is 0 Å². The summed E-state index contributed by atoms with van der Waals surface area (Å²) in [6, 6.07) is 7.95. The molecule has 1 aliphatic rings. The predicted octanol–water partition coefficient (Wildman–Crippen LogP) is 3.30. The van der Waals surface area contributed by atoms with E-state index in [1.807, 2.05) is 31.2 Å². The Morgan fingerprint density at radius 1 is 1.20 bits per heavy atom. The van der Waals surface area contributed by atoms with Crippen LogP contribution in [-0.2, 0) is 4.79 Å². The third kappa shape index (κ3) is 4.64. The lowest BCUT2D eigenvalue weighted by Gasteiger charge is -2.34. The number of carbonyl (C=O) groups excluding carboxylic acids is 1. The van der Waals surface area contributed by atoms with E-state index in [0.717, 1.165) is 37.2 Å². The van der Waals surface area contributed by atoms with Crippen molar-refractivity contribution in [1.82, 2.24) is 4.90 Å². The second-order valence-corrected chi connectivity index (χ2v) is 6.37. The standard InChI is InChI=1S/C17H26N2O/c1-13-4-6-16(7-5-13)18-17(20)8-9-19-11-14(2)10-15(3)12-19/h4-7,14-15H,8-12H2,1-3H3,(H,18,20)/t14-,15-/m0/s1. The SMILES string of the molecule is Cc1ccc(NC(=O)CCN2C[C@@H](C)C[C@H](C)C2)cc1. The second-order valence-electron chi connectivity index (χ2n) is 6.37. The topological polar surface area (TPSA) is 32.3 Å². The predicted molar refractivity (Wildman–Crippen MR) is 83.8 cm³/mol. The van der Waals surface area contributed by atoms with Gasteiger partial charge in [-0.15, -0.1) is 0 Å². The normalized spacial score (nSPS) is 23.6. The first-order valence-corrected chi connectivity index (χ1v) is 7.62. The van der Waals surface area contributed by atoms with Crippen LogP contribution < -0.4 is 5.32 Å². The van der Waals surface area contributed by atoms with Crippen molar-refractivity contribution >= 4 is 11.6 Å². The van der Waals surface area contributed by atoms with Gasteiger partial charge in [0.15, 0.2) is 0 Å². The van der Waals surface area contributed by atoms with Crippen molar-refractivity contribution in [2.75, 3.05) is 25.0 Å². The van der Waals surface area contributed by atoms with E-state index in [4.69, 9.17) is 0 Å². The number of hydrogen-bond acceptors (Lipinski definition) is 2. The van der Waals surface area contributed by atoms with Crippen molar-refractivity contribution in [2.24, 2.45) is 11.8 Å². The van der Waals surface area contributed by atoms with Gasteiger partial charge in [-0.25, -0.2) is 0 Å². The molecule has 1 N–H and O–H groups in total. The Morgan fingerprint density at radius 2 is 1.80 bits per heavy atom. The van der Waals surface area contributed by atoms with Crippen molar-refractivity contribution in [2.45, 2.75) is 33.6 Å². The summed E-state index contributed by atoms with van der Waals surface area (Å²) in [6.07, 6.45) is 1.89. The number of nitrogens with one attached hydrogen (secondary N) is 1. The fourth-order valence-corrected chi connectivity index (χ4v) is 3.09. The fourth-order valence-electron chi connectivity index (χ4n) is 3.09. The Morgan fingerprint density at radius 3 is 2.40 bits per heavy atom. The van der Waals surface area contributed by atoms with E-state index in [0.29, 0.717) is 6.42 Å². The van der Waals surface area contributed by atoms with E-state index in [2.05, 4.69) is 24.1 Å². The van der Waals surface area contributed by atoms with Crippen LogP contribution in [0.5, 0.6) is 0 Å². The number of piperidine rings is 1. The maximum Gasteiger partial charge on any atom is 0.225 e. The van der Waals surface area contributed by atoms with E-state index >= 15 is 0 Å². The van der Waals surface area contributed by atoms with Gasteiger partial charge in [-0.3, -0.25) is 4.79 Å². The van der Waals surface area contributed by atoms with Gasteiger partial charge in [0.1, 0.15) is 0 Å². The molecule has 0 aliphatic carbocycles. The quantitative estimate of drug-likeness (QED) is 0.913. The van der Waals surface area contributed by atoms with Crippen LogP contribution in [0.1, 0.15) is 32.3 Å². The van der Waals surface area contributed by atoms with Crippen LogP contribution >= 0.6 is 0 Å². The molecule has 2 atom stereocenters. The molecule has 1 aromatic carbocycles. The minimum Gasteiger partial charge on any atom is -0.326 e. The van der Waals surface area contributed by atoms with E-state index in [9.17, 15) is 4.79 Å². The average molecular weight is 274 g/mol. The lowest BCUT2D eigenvalue weighted by atomic mass is 9.92. The van der Waals surface area contributed by atoms with Crippen LogP contribution in [0, 0.1) is 18.8 Å². The molecule has 0 saturated carbocycles. The average Bonchev–Trinajstić information content (AvgIpc) is 2.38. The van der Waals surface area contributed by atoms with Crippen LogP contribution in [0.15, 0.2) is 24.3 Å². The number of anilines is 1. The zero-order valence-electron chi connectivity index (χ0n) is 12.9. The van der Waals surface area contributed by atoms with Crippen molar-refractivity contribution in [1.29, 1.82) is 0 Å². The minimum absolute atomic E-state index is 0.111. The molecule has 2 rings (SSSR count). The number of rotatable bonds is 4. The lowest BCUT2D eigenvalue weighted by molar-refractivity contribution is -0.116. The molecule has 110 valence electrons. The molecule has 0 radical (unpaired) electrons. The maximum absolute atomic E-state index is 12.0. The Kier molecular flexibility index (Phi) is 5.18. The minimum atomic E-state index is 0.111. The molecular formula is C17H26N2O. The summed E-state index contributed by atoms with van der Waals surface area (Å²) in [5, 5.41) is 2.97. The Labute approximate surface area is 122 Å². The summed E-state index contributed by atoms with van der Waals surface area (Å²) in [4.78, 5) is 14.4. The van der Waals surface area contributed by atoms with E-state index in [1.165, 1.54) is 12.0 Å². The van der Waals surface area contributed by atoms with Gasteiger partial charge in [0.25, 0.3) is 0 Å². The van der Waals surface area contributed by atoms with Gasteiger partial charge in [-0.05, 0) is 37.3 Å². The number of benzene rings is 1. The molecule has 0 bridgehead atoms. The molecule has 1 aliphatic heterocycles. The summed E-state index contributed by atoms with van der Waals surface area (Å²) in [5.74, 6) is 1.61. The lowest BCUT2D eigenvalue weighted by Crippen LogP contribution is -2.40. The van der Waals surface area contributed by atoms with Crippen LogP contribution in [0.25, 0.3) is 0 Å². The second kappa shape index (κ2) is 6.89. The molecule has 1 saturated heterocycles. The highest BCUT2D eigenvalue weighted by molar-refractivity contribution is 5.90. The number of amides is 1. The number of nitrogens with zero attached hydrogens (tertiary/aromatic N) is 1. The first-order valence-electron chi connectivity index (χ1n) is 7.62. The number of hydrogen-bond donors (Lipinski definition) is 1. The highest BCUT2D eigenvalue weighted by atomic mass is 16.1. The van der Waals surface area contributed by atoms with E-state index in [1.54, 1.807) is 0 Å². The Balaban J connectivity index is 1.76. The van der Waals surface area contributed by atoms with Crippen molar-refractivity contribution in [3.8, 4) is 0 Å². The summed E-state index contributed by atoms with van der Waals surface area (Å²) in [7, 11) is 0. The van der Waals surface area contributed by atoms with Crippen molar-refractivity contribution in [3.05, 3.63) is 29.8 Å². The third-order valence-corrected chi connectivity index (χ3v) is 3.93.